The van der Waals surface area contributed by atoms with Crippen LogP contribution in [0.15, 0.2) is 71.6 Å². The van der Waals surface area contributed by atoms with E-state index in [1.165, 1.54) is 16.7 Å². The number of rotatable bonds is 9. The Morgan fingerprint density at radius 2 is 1.44 bits per heavy atom. The molecule has 3 rings (SSSR count). The van der Waals surface area contributed by atoms with Gasteiger partial charge in [0.05, 0.1) is 10.9 Å². The van der Waals surface area contributed by atoms with Crippen LogP contribution in [-0.2, 0) is 21.2 Å². The molecule has 2 unspecified atom stereocenters. The Hall–Kier alpha value is -2.96. The lowest BCUT2D eigenvalue weighted by atomic mass is 9.96. The van der Waals surface area contributed by atoms with Gasteiger partial charge in [0.25, 0.3) is 0 Å². The van der Waals surface area contributed by atoms with Crippen LogP contribution in [0.2, 0.25) is 0 Å². The second-order valence-corrected chi connectivity index (χ2v) is 10.7. The Labute approximate surface area is 203 Å². The molecule has 180 valence electrons. The van der Waals surface area contributed by atoms with Crippen molar-refractivity contribution in [2.45, 2.75) is 64.4 Å². The molecule has 0 aliphatic carbocycles. The van der Waals surface area contributed by atoms with Crippen LogP contribution in [0, 0.1) is 20.8 Å². The van der Waals surface area contributed by atoms with Crippen molar-refractivity contribution in [2.75, 3.05) is 0 Å². The first kappa shape index (κ1) is 25.7. The fraction of sp³-hybridized carbons (Fsp3) is 0.321. The van der Waals surface area contributed by atoms with Crippen LogP contribution in [0.1, 0.15) is 65.7 Å². The normalized spacial score (nSPS) is 13.3. The number of sulfonamides is 1. The quantitative estimate of drug-likeness (QED) is 0.429. The van der Waals surface area contributed by atoms with Crippen molar-refractivity contribution in [1.29, 1.82) is 0 Å². The van der Waals surface area contributed by atoms with E-state index in [-0.39, 0.29) is 22.9 Å². The maximum atomic E-state index is 12.7. The summed E-state index contributed by atoms with van der Waals surface area (Å²) in [7, 11) is -3.64. The number of hydrogen-bond donors (Lipinski definition) is 2. The summed E-state index contributed by atoms with van der Waals surface area (Å²) in [5, 5.41) is 3.08. The summed E-state index contributed by atoms with van der Waals surface area (Å²) in [6, 6.07) is 20.1. The SMILES string of the molecule is Cc1cc(C)c(C(C)NC(=O)CCc2ccc(S(=O)(=O)NC(C)c3ccccc3)cc2)cc1C. The highest BCUT2D eigenvalue weighted by Crippen LogP contribution is 2.22. The first-order valence-corrected chi connectivity index (χ1v) is 13.1. The molecule has 0 spiro atoms. The van der Waals surface area contributed by atoms with Gasteiger partial charge in [-0.05, 0) is 86.6 Å². The predicted molar refractivity (Wildman–Crippen MR) is 137 cm³/mol. The van der Waals surface area contributed by atoms with Gasteiger partial charge in [-0.2, -0.15) is 0 Å². The Bertz CT molecular complexity index is 1240. The first-order chi connectivity index (χ1) is 16.1. The molecular weight excluding hydrogens is 444 g/mol. The van der Waals surface area contributed by atoms with Crippen molar-refractivity contribution in [2.24, 2.45) is 0 Å². The van der Waals surface area contributed by atoms with Crippen molar-refractivity contribution in [3.05, 3.63) is 100 Å². The molecule has 2 N–H and O–H groups in total. The average molecular weight is 479 g/mol. The fourth-order valence-corrected chi connectivity index (χ4v) is 5.28. The minimum absolute atomic E-state index is 0.0276. The van der Waals surface area contributed by atoms with E-state index in [0.29, 0.717) is 12.8 Å². The lowest BCUT2D eigenvalue weighted by Gasteiger charge is -2.18. The summed E-state index contributed by atoms with van der Waals surface area (Å²) in [4.78, 5) is 12.7. The van der Waals surface area contributed by atoms with Crippen molar-refractivity contribution >= 4 is 15.9 Å². The molecule has 0 aliphatic heterocycles. The Morgan fingerprint density at radius 3 is 2.09 bits per heavy atom. The zero-order valence-corrected chi connectivity index (χ0v) is 21.4. The van der Waals surface area contributed by atoms with E-state index in [9.17, 15) is 13.2 Å². The molecule has 0 saturated carbocycles. The number of nitrogens with one attached hydrogen (secondary N) is 2. The number of amides is 1. The van der Waals surface area contributed by atoms with Crippen LogP contribution < -0.4 is 10.0 Å². The molecule has 0 saturated heterocycles. The maximum absolute atomic E-state index is 12.7. The molecule has 0 radical (unpaired) electrons. The largest absolute Gasteiger partial charge is 0.350 e. The van der Waals surface area contributed by atoms with Gasteiger partial charge >= 0.3 is 0 Å². The molecule has 0 heterocycles. The van der Waals surface area contributed by atoms with Crippen LogP contribution in [0.3, 0.4) is 0 Å². The number of hydrogen-bond acceptors (Lipinski definition) is 3. The predicted octanol–water partition coefficient (Wildman–Crippen LogP) is 5.46. The highest BCUT2D eigenvalue weighted by atomic mass is 32.2. The molecule has 34 heavy (non-hydrogen) atoms. The molecule has 0 fully saturated rings. The highest BCUT2D eigenvalue weighted by molar-refractivity contribution is 7.89. The van der Waals surface area contributed by atoms with Crippen molar-refractivity contribution in [3.8, 4) is 0 Å². The van der Waals surface area contributed by atoms with Crippen LogP contribution >= 0.6 is 0 Å². The van der Waals surface area contributed by atoms with Gasteiger partial charge in [-0.1, -0.05) is 54.6 Å². The van der Waals surface area contributed by atoms with Crippen LogP contribution in [0.4, 0.5) is 0 Å². The lowest BCUT2D eigenvalue weighted by Crippen LogP contribution is -2.27. The number of carbonyl (C=O) groups excluding carboxylic acids is 1. The minimum atomic E-state index is -3.64. The zero-order chi connectivity index (χ0) is 24.9. The second kappa shape index (κ2) is 11.0. The van der Waals surface area contributed by atoms with Gasteiger partial charge in [-0.3, -0.25) is 4.79 Å². The fourth-order valence-electron chi connectivity index (χ4n) is 4.04. The highest BCUT2D eigenvalue weighted by Gasteiger charge is 2.18. The van der Waals surface area contributed by atoms with Gasteiger partial charge in [-0.25, -0.2) is 13.1 Å². The van der Waals surface area contributed by atoms with E-state index >= 15 is 0 Å². The maximum Gasteiger partial charge on any atom is 0.241 e. The summed E-state index contributed by atoms with van der Waals surface area (Å²) in [6.45, 7) is 10.0. The third kappa shape index (κ3) is 6.55. The Balaban J connectivity index is 1.56. The van der Waals surface area contributed by atoms with Crippen LogP contribution in [0.25, 0.3) is 0 Å². The molecule has 0 aromatic heterocycles. The molecule has 3 aromatic rings. The Morgan fingerprint density at radius 1 is 0.824 bits per heavy atom. The minimum Gasteiger partial charge on any atom is -0.350 e. The summed E-state index contributed by atoms with van der Waals surface area (Å²) >= 11 is 0. The molecular formula is C28H34N2O3S. The third-order valence-electron chi connectivity index (χ3n) is 6.23. The number of benzene rings is 3. The number of aryl methyl sites for hydroxylation is 4. The van der Waals surface area contributed by atoms with E-state index in [2.05, 4.69) is 42.9 Å². The zero-order valence-electron chi connectivity index (χ0n) is 20.6. The number of carbonyl (C=O) groups is 1. The van der Waals surface area contributed by atoms with E-state index < -0.39 is 10.0 Å². The van der Waals surface area contributed by atoms with E-state index in [1.54, 1.807) is 24.3 Å². The molecule has 3 aromatic carbocycles. The monoisotopic (exact) mass is 478 g/mol. The summed E-state index contributed by atoms with van der Waals surface area (Å²) in [6.07, 6.45) is 0.877. The summed E-state index contributed by atoms with van der Waals surface area (Å²) in [5.74, 6) is -0.0276. The van der Waals surface area contributed by atoms with Gasteiger partial charge < -0.3 is 5.32 Å². The Kier molecular flexibility index (Phi) is 8.28. The van der Waals surface area contributed by atoms with Gasteiger partial charge in [-0.15, -0.1) is 0 Å². The summed E-state index contributed by atoms with van der Waals surface area (Å²) < 4.78 is 28.2. The van der Waals surface area contributed by atoms with Gasteiger partial charge in [0, 0.05) is 12.5 Å². The van der Waals surface area contributed by atoms with E-state index in [1.807, 2.05) is 44.2 Å². The smallest absolute Gasteiger partial charge is 0.241 e. The molecule has 0 aliphatic rings. The summed E-state index contributed by atoms with van der Waals surface area (Å²) in [5.41, 5.74) is 6.57. The van der Waals surface area contributed by atoms with Crippen molar-refractivity contribution in [1.82, 2.24) is 10.0 Å². The first-order valence-electron chi connectivity index (χ1n) is 11.6. The molecule has 1 amide bonds. The van der Waals surface area contributed by atoms with Gasteiger partial charge in [0.15, 0.2) is 0 Å². The molecule has 6 heteroatoms. The standard InChI is InChI=1S/C28H34N2O3S/c1-19-17-21(3)27(18-20(19)2)23(5)29-28(31)16-13-24-11-14-26(15-12-24)34(32,33)30-22(4)25-9-7-6-8-10-25/h6-12,14-15,17-18,22-23,30H,13,16H2,1-5H3,(H,29,31). The van der Waals surface area contributed by atoms with Crippen molar-refractivity contribution < 1.29 is 13.2 Å². The van der Waals surface area contributed by atoms with Crippen LogP contribution in [-0.4, -0.2) is 14.3 Å². The average Bonchev–Trinajstić information content (AvgIpc) is 2.80. The third-order valence-corrected chi connectivity index (χ3v) is 7.79. The topological polar surface area (TPSA) is 75.3 Å². The molecule has 5 nitrogen and oxygen atoms in total. The van der Waals surface area contributed by atoms with Crippen LogP contribution in [0.5, 0.6) is 0 Å². The van der Waals surface area contributed by atoms with Gasteiger partial charge in [0.2, 0.25) is 15.9 Å². The molecule has 0 bridgehead atoms. The van der Waals surface area contributed by atoms with E-state index in [0.717, 1.165) is 16.7 Å². The lowest BCUT2D eigenvalue weighted by molar-refractivity contribution is -0.121. The van der Waals surface area contributed by atoms with Gasteiger partial charge in [0.1, 0.15) is 0 Å². The van der Waals surface area contributed by atoms with E-state index in [4.69, 9.17) is 0 Å². The second-order valence-electron chi connectivity index (χ2n) is 8.98. The molecule has 2 atom stereocenters. The van der Waals surface area contributed by atoms with Crippen molar-refractivity contribution in [3.63, 3.8) is 0 Å².